The highest BCUT2D eigenvalue weighted by Crippen LogP contribution is 2.28. The monoisotopic (exact) mass is 429 g/mol. The second-order valence-corrected chi connectivity index (χ2v) is 8.77. The van der Waals surface area contributed by atoms with E-state index in [1.54, 1.807) is 0 Å². The van der Waals surface area contributed by atoms with E-state index in [1.807, 2.05) is 4.90 Å². The molecule has 0 aromatic heterocycles. The predicted octanol–water partition coefficient (Wildman–Crippen LogP) is -5.01. The molecule has 4 rings (SSSR count). The van der Waals surface area contributed by atoms with E-state index < -0.39 is 24.5 Å². The number of aliphatic hydroxyl groups is 2. The van der Waals surface area contributed by atoms with Crippen LogP contribution in [-0.2, 0) is 4.74 Å². The molecule has 0 aromatic carbocycles. The molecule has 12 nitrogen and oxygen atoms in total. The Hall–Kier alpha value is -0.480. The van der Waals surface area contributed by atoms with Crippen molar-refractivity contribution in [3.63, 3.8) is 0 Å². The topological polar surface area (TPSA) is 168 Å². The average Bonchev–Trinajstić information content (AvgIpc) is 3.45. The van der Waals surface area contributed by atoms with Crippen molar-refractivity contribution in [2.45, 2.75) is 61.8 Å². The smallest absolute Gasteiger partial charge is 0.142 e. The van der Waals surface area contributed by atoms with Gasteiger partial charge in [0.25, 0.3) is 0 Å². The molecule has 0 spiro atoms. The summed E-state index contributed by atoms with van der Waals surface area (Å²) in [6.45, 7) is 5.73. The normalized spacial score (nSPS) is 42.3. The molecule has 8 atom stereocenters. The summed E-state index contributed by atoms with van der Waals surface area (Å²) in [5.41, 5.74) is 12.0. The first kappa shape index (κ1) is 22.7. The number of nitrogens with zero attached hydrogens (tertiary/aromatic N) is 2. The third kappa shape index (κ3) is 4.95. The van der Waals surface area contributed by atoms with E-state index in [2.05, 4.69) is 31.5 Å². The van der Waals surface area contributed by atoms with Crippen LogP contribution in [0.25, 0.3) is 0 Å². The van der Waals surface area contributed by atoms with Gasteiger partial charge in [-0.15, -0.1) is 0 Å². The fraction of sp³-hybridized carbons (Fsp3) is 1.00. The SMILES string of the molecule is NCCN(CCCC1CNCN1)C[C@H]1O[C@@H](N2CNC3C(N)NCNC32)[C@H](O)[C@@H]1O. The molecule has 0 aromatic rings. The van der Waals surface area contributed by atoms with Gasteiger partial charge in [-0.25, -0.2) is 4.90 Å². The number of aliphatic hydroxyl groups excluding tert-OH is 2. The Morgan fingerprint density at radius 3 is 2.70 bits per heavy atom. The summed E-state index contributed by atoms with van der Waals surface area (Å²) in [7, 11) is 0. The fourth-order valence-electron chi connectivity index (χ4n) is 5.04. The lowest BCUT2D eigenvalue weighted by atomic mass is 10.1. The number of hydrogen-bond donors (Lipinski definition) is 9. The minimum Gasteiger partial charge on any atom is -0.387 e. The van der Waals surface area contributed by atoms with E-state index in [9.17, 15) is 10.2 Å². The largest absolute Gasteiger partial charge is 0.387 e. The maximum absolute atomic E-state index is 10.7. The Morgan fingerprint density at radius 1 is 1.07 bits per heavy atom. The van der Waals surface area contributed by atoms with Gasteiger partial charge in [0.15, 0.2) is 0 Å². The molecule has 4 aliphatic rings. The summed E-state index contributed by atoms with van der Waals surface area (Å²) in [4.78, 5) is 4.25. The lowest BCUT2D eigenvalue weighted by Crippen LogP contribution is -2.68. The Morgan fingerprint density at radius 2 is 1.93 bits per heavy atom. The average molecular weight is 430 g/mol. The third-order valence-corrected chi connectivity index (χ3v) is 6.72. The molecule has 30 heavy (non-hydrogen) atoms. The summed E-state index contributed by atoms with van der Waals surface area (Å²) in [5.74, 6) is 0. The first-order chi connectivity index (χ1) is 14.6. The van der Waals surface area contributed by atoms with Crippen molar-refractivity contribution in [3.05, 3.63) is 0 Å². The molecular weight excluding hydrogens is 390 g/mol. The minimum atomic E-state index is -0.975. The van der Waals surface area contributed by atoms with Crippen LogP contribution in [0.5, 0.6) is 0 Å². The van der Waals surface area contributed by atoms with Crippen molar-refractivity contribution in [2.75, 3.05) is 52.7 Å². The van der Waals surface area contributed by atoms with E-state index in [0.29, 0.717) is 32.5 Å². The number of fused-ring (bicyclic) bond motifs is 1. The molecule has 0 bridgehead atoms. The molecule has 4 saturated heterocycles. The van der Waals surface area contributed by atoms with Crippen LogP contribution in [0.3, 0.4) is 0 Å². The highest BCUT2D eigenvalue weighted by Gasteiger charge is 2.51. The summed E-state index contributed by atoms with van der Waals surface area (Å²) in [6.07, 6.45) is -1.05. The van der Waals surface area contributed by atoms with Crippen molar-refractivity contribution >= 4 is 0 Å². The van der Waals surface area contributed by atoms with Gasteiger partial charge >= 0.3 is 0 Å². The van der Waals surface area contributed by atoms with Crippen LogP contribution in [-0.4, -0.2) is 122 Å². The zero-order chi connectivity index (χ0) is 21.1. The molecule has 4 aliphatic heterocycles. The van der Waals surface area contributed by atoms with Crippen LogP contribution in [0.2, 0.25) is 0 Å². The van der Waals surface area contributed by atoms with E-state index in [0.717, 1.165) is 39.1 Å². The molecule has 0 radical (unpaired) electrons. The highest BCUT2D eigenvalue weighted by molar-refractivity contribution is 5.02. The molecule has 4 heterocycles. The van der Waals surface area contributed by atoms with Gasteiger partial charge < -0.3 is 37.1 Å². The van der Waals surface area contributed by atoms with Gasteiger partial charge in [0.1, 0.15) is 24.5 Å². The second kappa shape index (κ2) is 10.4. The van der Waals surface area contributed by atoms with Crippen molar-refractivity contribution in [1.29, 1.82) is 0 Å². The van der Waals surface area contributed by atoms with Gasteiger partial charge in [0.05, 0.1) is 25.0 Å². The second-order valence-electron chi connectivity index (χ2n) is 8.77. The quantitative estimate of drug-likeness (QED) is 0.171. The summed E-state index contributed by atoms with van der Waals surface area (Å²) < 4.78 is 6.19. The van der Waals surface area contributed by atoms with Crippen molar-refractivity contribution in [2.24, 2.45) is 11.5 Å². The Balaban J connectivity index is 1.31. The molecule has 0 aliphatic carbocycles. The maximum Gasteiger partial charge on any atom is 0.142 e. The maximum atomic E-state index is 10.7. The number of ether oxygens (including phenoxy) is 1. The van der Waals surface area contributed by atoms with Gasteiger partial charge in [-0.2, -0.15) is 0 Å². The Bertz CT molecular complexity index is 541. The number of nitrogens with one attached hydrogen (secondary N) is 5. The Labute approximate surface area is 178 Å². The van der Waals surface area contributed by atoms with Crippen molar-refractivity contribution in [3.8, 4) is 0 Å². The van der Waals surface area contributed by atoms with E-state index in [1.165, 1.54) is 0 Å². The molecule has 0 amide bonds. The zero-order valence-corrected chi connectivity index (χ0v) is 17.5. The molecule has 174 valence electrons. The van der Waals surface area contributed by atoms with E-state index in [4.69, 9.17) is 16.2 Å². The lowest BCUT2D eigenvalue weighted by molar-refractivity contribution is -0.106. The fourth-order valence-corrected chi connectivity index (χ4v) is 5.04. The standard InChI is InChI=1S/C18H39N9O3/c19-3-5-26(4-1-2-11-6-21-8-22-11)7-12-14(28)15(29)18(30-12)27-10-25-13-16(20)23-9-24-17(13)27/h11-18,21-25,28-29H,1-10,19-20H2/t11?,12-,13?,14-,15-,16?,17?,18-/m1/s1. The van der Waals surface area contributed by atoms with Crippen molar-refractivity contribution < 1.29 is 14.9 Å². The van der Waals surface area contributed by atoms with Gasteiger partial charge in [-0.3, -0.25) is 20.9 Å². The van der Waals surface area contributed by atoms with Gasteiger partial charge in [-0.1, -0.05) is 0 Å². The van der Waals surface area contributed by atoms with E-state index in [-0.39, 0.29) is 18.4 Å². The van der Waals surface area contributed by atoms with Crippen LogP contribution in [0.15, 0.2) is 0 Å². The third-order valence-electron chi connectivity index (χ3n) is 6.72. The predicted molar refractivity (Wildman–Crippen MR) is 112 cm³/mol. The highest BCUT2D eigenvalue weighted by atomic mass is 16.6. The molecule has 0 saturated carbocycles. The molecular formula is C18H39N9O3. The number of hydrogen-bond acceptors (Lipinski definition) is 12. The van der Waals surface area contributed by atoms with Gasteiger partial charge in [-0.05, 0) is 19.4 Å². The first-order valence-electron chi connectivity index (χ1n) is 11.2. The lowest BCUT2D eigenvalue weighted by Gasteiger charge is -2.38. The molecule has 4 unspecified atom stereocenters. The van der Waals surface area contributed by atoms with Crippen LogP contribution in [0.4, 0.5) is 0 Å². The summed E-state index contributed by atoms with van der Waals surface area (Å²) in [5, 5.41) is 38.1. The zero-order valence-electron chi connectivity index (χ0n) is 17.5. The van der Waals surface area contributed by atoms with Crippen molar-refractivity contribution in [1.82, 2.24) is 36.4 Å². The van der Waals surface area contributed by atoms with Gasteiger partial charge in [0.2, 0.25) is 0 Å². The number of nitrogens with two attached hydrogens (primary N) is 2. The summed E-state index contributed by atoms with van der Waals surface area (Å²) in [6, 6.07) is 0.530. The minimum absolute atomic E-state index is 0.0122. The van der Waals surface area contributed by atoms with Crippen LogP contribution >= 0.6 is 0 Å². The molecule has 4 fully saturated rings. The molecule has 12 heteroatoms. The van der Waals surface area contributed by atoms with E-state index >= 15 is 0 Å². The molecule has 11 N–H and O–H groups in total. The van der Waals surface area contributed by atoms with Crippen LogP contribution in [0.1, 0.15) is 12.8 Å². The van der Waals surface area contributed by atoms with Crippen LogP contribution < -0.4 is 38.1 Å². The van der Waals surface area contributed by atoms with Gasteiger partial charge in [0, 0.05) is 45.6 Å². The Kier molecular flexibility index (Phi) is 7.89. The van der Waals surface area contributed by atoms with Crippen LogP contribution in [0, 0.1) is 0 Å². The number of rotatable bonds is 9. The first-order valence-corrected chi connectivity index (χ1v) is 11.2. The summed E-state index contributed by atoms with van der Waals surface area (Å²) >= 11 is 0.